The Morgan fingerprint density at radius 2 is 1.24 bits per heavy atom. The topological polar surface area (TPSA) is 138 Å². The van der Waals surface area contributed by atoms with Gasteiger partial charge in [-0.1, -0.05) is 103 Å². The van der Waals surface area contributed by atoms with Gasteiger partial charge in [0.05, 0.1) is 62.2 Å². The molecule has 14 nitrogen and oxygen atoms in total. The van der Waals surface area contributed by atoms with Gasteiger partial charge in [-0.2, -0.15) is 0 Å². The van der Waals surface area contributed by atoms with Gasteiger partial charge >= 0.3 is 12.0 Å². The van der Waals surface area contributed by atoms with Crippen molar-refractivity contribution in [3.63, 3.8) is 0 Å². The van der Waals surface area contributed by atoms with Gasteiger partial charge in [0.25, 0.3) is 0 Å². The number of carbonyl (C=O) groups is 3. The standard InChI is InChI=1S/C60H62N5O9/c1-60(2,3)74-59(68)64(31-19-23-39-21-17-29-43(33-39)55-53-45(63(4)49(66)37-61-55)35-47(70-7)51(57(53)72-9)41-25-13-11-14-26-41)65(5)46-36-48(71-8)52(42-27-15-12-16-28-42)58(73-10)54(46)56(62-38-50(65)67)44-30-18-22-40(34-44)24-20-32-69-6/h11-18,21-22,25-30,33-36H,20,24,31-32,37-38H2,1-10H3/q+1. The summed E-state index contributed by atoms with van der Waals surface area (Å²) >= 11 is 0. The molecule has 8 rings (SSSR count). The van der Waals surface area contributed by atoms with E-state index >= 15 is 4.79 Å². The van der Waals surface area contributed by atoms with Crippen molar-refractivity contribution in [3.05, 3.63) is 155 Å². The number of carbonyl (C=O) groups excluding carboxylic acids is 3. The summed E-state index contributed by atoms with van der Waals surface area (Å²) in [6.07, 6.45) is 0.784. The number of hydrogen-bond donors (Lipinski definition) is 0. The molecule has 2 heterocycles. The molecule has 74 heavy (non-hydrogen) atoms. The van der Waals surface area contributed by atoms with E-state index in [1.165, 1.54) is 5.01 Å². The van der Waals surface area contributed by atoms with Gasteiger partial charge < -0.3 is 33.3 Å². The smallest absolute Gasteiger partial charge is 0.456 e. The van der Waals surface area contributed by atoms with Crippen molar-refractivity contribution in [2.75, 3.05) is 80.8 Å². The second-order valence-electron chi connectivity index (χ2n) is 18.8. The molecule has 380 valence electrons. The van der Waals surface area contributed by atoms with Crippen molar-refractivity contribution in [1.29, 1.82) is 0 Å². The monoisotopic (exact) mass is 996 g/mol. The quantitative estimate of drug-likeness (QED) is 0.0593. The van der Waals surface area contributed by atoms with E-state index in [-0.39, 0.29) is 25.5 Å². The molecule has 0 saturated heterocycles. The van der Waals surface area contributed by atoms with Gasteiger partial charge in [0.2, 0.25) is 5.91 Å². The van der Waals surface area contributed by atoms with Crippen LogP contribution in [-0.4, -0.2) is 116 Å². The van der Waals surface area contributed by atoms with Gasteiger partial charge in [-0.15, -0.1) is 9.60 Å². The van der Waals surface area contributed by atoms with Gasteiger partial charge in [0.15, 0.2) is 12.2 Å². The van der Waals surface area contributed by atoms with Crippen LogP contribution < -0.4 is 28.4 Å². The van der Waals surface area contributed by atoms with E-state index < -0.39 is 22.2 Å². The summed E-state index contributed by atoms with van der Waals surface area (Å²) in [5, 5.41) is 1.32. The van der Waals surface area contributed by atoms with E-state index in [2.05, 4.69) is 24.0 Å². The maximum absolute atomic E-state index is 15.2. The number of ether oxygens (including phenoxy) is 6. The third-order valence-electron chi connectivity index (χ3n) is 13.0. The van der Waals surface area contributed by atoms with Crippen LogP contribution in [0.25, 0.3) is 22.3 Å². The first-order valence-corrected chi connectivity index (χ1v) is 24.3. The molecule has 0 aliphatic carbocycles. The third kappa shape index (κ3) is 10.3. The lowest BCUT2D eigenvalue weighted by Crippen LogP contribution is -2.66. The molecule has 6 aromatic carbocycles. The highest BCUT2D eigenvalue weighted by molar-refractivity contribution is 6.23. The Balaban J connectivity index is 1.28. The first kappa shape index (κ1) is 52.1. The van der Waals surface area contributed by atoms with E-state index in [0.717, 1.165) is 35.1 Å². The molecule has 0 bridgehead atoms. The minimum atomic E-state index is -0.956. The number of aryl methyl sites for hydroxylation is 1. The molecule has 0 spiro atoms. The number of fused-ring (bicyclic) bond motifs is 2. The van der Waals surface area contributed by atoms with E-state index in [0.29, 0.717) is 85.8 Å². The lowest BCUT2D eigenvalue weighted by molar-refractivity contribution is -0.140. The number of rotatable bonds is 14. The molecule has 0 fully saturated rings. The Morgan fingerprint density at radius 3 is 1.85 bits per heavy atom. The Morgan fingerprint density at radius 1 is 0.676 bits per heavy atom. The van der Waals surface area contributed by atoms with E-state index in [1.807, 2.05) is 103 Å². The number of likely N-dealkylation sites (N-methyl/N-ethyl adjacent to an activating group) is 2. The van der Waals surface area contributed by atoms with E-state index in [9.17, 15) is 9.59 Å². The molecular formula is C60H62N5O9+. The molecular weight excluding hydrogens is 935 g/mol. The molecule has 0 aromatic heterocycles. The van der Waals surface area contributed by atoms with Gasteiger partial charge in [-0.25, -0.2) is 9.59 Å². The SMILES string of the molecule is COCCCc1cccc(C2=NCC(=O)[N+](C)(N(CC#Cc3cccc(C4=NCC(=O)N(C)c5cc(OC)c(-c6ccccc6)c(OC)c54)c3)C(=O)OC(C)(C)C)c3cc(OC)c(-c4ccccc4)c(OC)c32)c1. The fourth-order valence-electron chi connectivity index (χ4n) is 9.43. The van der Waals surface area contributed by atoms with Gasteiger partial charge in [0, 0.05) is 49.6 Å². The maximum Gasteiger partial charge on any atom is 0.456 e. The summed E-state index contributed by atoms with van der Waals surface area (Å²) in [6, 6.07) is 38.6. The number of quaternary nitrogens is 1. The van der Waals surface area contributed by atoms with Crippen LogP contribution in [0, 0.1) is 11.8 Å². The average molecular weight is 997 g/mol. The highest BCUT2D eigenvalue weighted by Crippen LogP contribution is 2.50. The Bertz CT molecular complexity index is 3230. The maximum atomic E-state index is 15.2. The summed E-state index contributed by atoms with van der Waals surface area (Å²) < 4.78 is 35.4. The second kappa shape index (κ2) is 22.3. The molecule has 1 atom stereocenters. The van der Waals surface area contributed by atoms with Crippen molar-refractivity contribution < 1.29 is 42.8 Å². The highest BCUT2D eigenvalue weighted by Gasteiger charge is 2.51. The summed E-state index contributed by atoms with van der Waals surface area (Å²) in [4.78, 5) is 55.2. The van der Waals surface area contributed by atoms with Crippen LogP contribution in [0.3, 0.4) is 0 Å². The molecule has 1 unspecified atom stereocenters. The first-order chi connectivity index (χ1) is 35.7. The minimum Gasteiger partial charge on any atom is -0.496 e. The van der Waals surface area contributed by atoms with Crippen LogP contribution >= 0.6 is 0 Å². The molecule has 0 saturated carbocycles. The summed E-state index contributed by atoms with van der Waals surface area (Å²) in [7, 11) is 11.4. The number of hydrogen-bond acceptors (Lipinski definition) is 11. The number of nitrogens with zero attached hydrogens (tertiary/aromatic N) is 5. The largest absolute Gasteiger partial charge is 0.496 e. The number of anilines is 1. The van der Waals surface area contributed by atoms with E-state index in [4.69, 9.17) is 38.4 Å². The van der Waals surface area contributed by atoms with Gasteiger partial charge in [-0.3, -0.25) is 14.8 Å². The lowest BCUT2D eigenvalue weighted by Gasteiger charge is -2.39. The van der Waals surface area contributed by atoms with Crippen LogP contribution in [0.4, 0.5) is 16.2 Å². The van der Waals surface area contributed by atoms with Gasteiger partial charge in [0.1, 0.15) is 54.3 Å². The molecule has 14 heteroatoms. The third-order valence-corrected chi connectivity index (χ3v) is 13.0. The summed E-state index contributed by atoms with van der Waals surface area (Å²) in [6.45, 7) is 5.21. The molecule has 3 amide bonds. The summed E-state index contributed by atoms with van der Waals surface area (Å²) in [5.41, 5.74) is 8.21. The normalized spacial score (nSPS) is 15.2. The number of benzodiazepines with no additional fused rings is 2. The predicted molar refractivity (Wildman–Crippen MR) is 290 cm³/mol. The van der Waals surface area contributed by atoms with Gasteiger partial charge in [-0.05, 0) is 68.5 Å². The molecule has 0 radical (unpaired) electrons. The minimum absolute atomic E-state index is 0.118. The number of amides is 3. The van der Waals surface area contributed by atoms with Crippen molar-refractivity contribution in [2.24, 2.45) is 9.98 Å². The van der Waals surface area contributed by atoms with Crippen LogP contribution in [0.15, 0.2) is 131 Å². The van der Waals surface area contributed by atoms with Crippen molar-refractivity contribution in [3.8, 4) is 57.1 Å². The zero-order valence-electron chi connectivity index (χ0n) is 43.7. The van der Waals surface area contributed by atoms with Crippen molar-refractivity contribution in [2.45, 2.75) is 39.2 Å². The second-order valence-corrected chi connectivity index (χ2v) is 18.8. The van der Waals surface area contributed by atoms with Crippen molar-refractivity contribution in [1.82, 2.24) is 9.60 Å². The Kier molecular flexibility index (Phi) is 15.7. The molecule has 0 N–H and O–H groups in total. The molecule has 2 aliphatic heterocycles. The van der Waals surface area contributed by atoms with E-state index in [1.54, 1.807) is 81.4 Å². The highest BCUT2D eigenvalue weighted by atomic mass is 16.6. The fourth-order valence-corrected chi connectivity index (χ4v) is 9.43. The molecule has 6 aromatic rings. The summed E-state index contributed by atoms with van der Waals surface area (Å²) in [5.74, 6) is 7.68. The number of methoxy groups -OCH3 is 5. The average Bonchev–Trinajstić information content (AvgIpc) is 3.60. The zero-order chi connectivity index (χ0) is 52.7. The first-order valence-electron chi connectivity index (χ1n) is 24.3. The van der Waals surface area contributed by atoms with Crippen molar-refractivity contribution >= 4 is 40.7 Å². The predicted octanol–water partition coefficient (Wildman–Crippen LogP) is 9.97. The van der Waals surface area contributed by atoms with Crippen LogP contribution in [0.2, 0.25) is 0 Å². The number of benzene rings is 6. The Hall–Kier alpha value is -8.25. The Labute approximate surface area is 433 Å². The fraction of sp³-hybridized carbons (Fsp3) is 0.283. The van der Waals surface area contributed by atoms with Crippen LogP contribution in [0.1, 0.15) is 60.6 Å². The molecule has 2 aliphatic rings. The van der Waals surface area contributed by atoms with Crippen LogP contribution in [-0.2, 0) is 25.5 Å². The zero-order valence-corrected chi connectivity index (χ0v) is 43.7. The van der Waals surface area contributed by atoms with Crippen LogP contribution in [0.5, 0.6) is 23.0 Å². The number of aliphatic imine (C=N–C) groups is 2. The lowest BCUT2D eigenvalue weighted by atomic mass is 9.92.